The molecule has 0 radical (unpaired) electrons. The highest BCUT2D eigenvalue weighted by molar-refractivity contribution is 4.42. The van der Waals surface area contributed by atoms with Crippen LogP contribution in [0.15, 0.2) is 0 Å². The van der Waals surface area contributed by atoms with Crippen LogP contribution in [0, 0.1) is 0 Å². The van der Waals surface area contributed by atoms with Crippen molar-refractivity contribution in [3.63, 3.8) is 0 Å². The quantitative estimate of drug-likeness (QED) is 0.462. The summed E-state index contributed by atoms with van der Waals surface area (Å²) in [6.07, 6.45) is 0. The molecule has 7 heavy (non-hydrogen) atoms. The molecule has 0 aromatic carbocycles. The van der Waals surface area contributed by atoms with Crippen molar-refractivity contribution in [1.29, 1.82) is 0 Å². The molecule has 0 amide bonds. The van der Waals surface area contributed by atoms with Crippen molar-refractivity contribution in [2.75, 3.05) is 7.11 Å². The lowest BCUT2D eigenvalue weighted by Gasteiger charge is -2.12. The first kappa shape index (κ1) is 9.99. The molecule has 0 aromatic heterocycles. The van der Waals surface area contributed by atoms with Crippen LogP contribution in [-0.4, -0.2) is 23.5 Å². The van der Waals surface area contributed by atoms with Gasteiger partial charge in [0.1, 0.15) is 0 Å². The van der Waals surface area contributed by atoms with E-state index in [0.29, 0.717) is 0 Å². The van der Waals surface area contributed by atoms with Crippen molar-refractivity contribution in [2.45, 2.75) is 19.6 Å². The third kappa shape index (κ3) is 10.7. The maximum absolute atomic E-state index is 8.60. The summed E-state index contributed by atoms with van der Waals surface area (Å²) < 4.78 is 4.49. The van der Waals surface area contributed by atoms with E-state index in [0.717, 1.165) is 0 Å². The molecule has 0 saturated carbocycles. The molecule has 0 spiro atoms. The summed E-state index contributed by atoms with van der Waals surface area (Å²) in [5, 5.41) is 8.60. The summed E-state index contributed by atoms with van der Waals surface area (Å²) in [7, 11) is 1.46. The first-order valence-corrected chi connectivity index (χ1v) is 1.84. The number of hydrogen-bond donors (Lipinski definition) is 1. The molecular weight excluding hydrogens is 96.0 g/mol. The van der Waals surface area contributed by atoms with E-state index in [4.69, 9.17) is 5.11 Å². The van der Waals surface area contributed by atoms with Gasteiger partial charge in [-0.15, -0.1) is 0 Å². The zero-order chi connectivity index (χ0) is 5.21. The molecule has 0 aliphatic rings. The van der Waals surface area contributed by atoms with Crippen molar-refractivity contribution >= 4 is 0 Å². The Morgan fingerprint density at radius 2 is 1.57 bits per heavy atom. The second-order valence-electron chi connectivity index (χ2n) is 1.65. The fourth-order valence-corrected chi connectivity index (χ4v) is 0. The predicted molar refractivity (Wildman–Crippen MR) is 26.9 cm³/mol. The highest BCUT2D eigenvalue weighted by Gasteiger charge is 2.06. The Labute approximate surface area is 43.2 Å². The van der Waals surface area contributed by atoms with Gasteiger partial charge in [0.15, 0.2) is 5.79 Å². The van der Waals surface area contributed by atoms with Gasteiger partial charge < -0.3 is 15.3 Å². The minimum absolute atomic E-state index is 0. The second-order valence-corrected chi connectivity index (χ2v) is 1.65. The molecule has 0 aliphatic carbocycles. The van der Waals surface area contributed by atoms with Crippen LogP contribution in [0.3, 0.4) is 0 Å². The molecule has 3 heteroatoms. The number of methoxy groups -OCH3 is 1. The number of hydrogen-bond acceptors (Lipinski definition) is 2. The first-order chi connectivity index (χ1) is 2.56. The molecule has 0 aromatic rings. The van der Waals surface area contributed by atoms with Gasteiger partial charge >= 0.3 is 0 Å². The van der Waals surface area contributed by atoms with E-state index in [-0.39, 0.29) is 5.48 Å². The molecular formula is C4H12O3. The Morgan fingerprint density at radius 3 is 1.57 bits per heavy atom. The highest BCUT2D eigenvalue weighted by atomic mass is 16.6. The van der Waals surface area contributed by atoms with Crippen molar-refractivity contribution in [2.24, 2.45) is 0 Å². The van der Waals surface area contributed by atoms with Crippen molar-refractivity contribution in [3.05, 3.63) is 0 Å². The third-order valence-electron chi connectivity index (χ3n) is 0.500. The highest BCUT2D eigenvalue weighted by Crippen LogP contribution is 1.97. The van der Waals surface area contributed by atoms with E-state index in [9.17, 15) is 0 Å². The monoisotopic (exact) mass is 108 g/mol. The molecule has 3 N–H and O–H groups in total. The summed E-state index contributed by atoms with van der Waals surface area (Å²) in [6.45, 7) is 3.15. The van der Waals surface area contributed by atoms with Gasteiger partial charge in [0.25, 0.3) is 0 Å². The summed E-state index contributed by atoms with van der Waals surface area (Å²) in [4.78, 5) is 0. The molecule has 0 atom stereocenters. The largest absolute Gasteiger partial charge is 0.412 e. The minimum Gasteiger partial charge on any atom is -0.412 e. The SMILES string of the molecule is COC(C)(C)O.O. The van der Waals surface area contributed by atoms with Crippen molar-refractivity contribution < 1.29 is 15.3 Å². The van der Waals surface area contributed by atoms with E-state index in [1.54, 1.807) is 13.8 Å². The van der Waals surface area contributed by atoms with Gasteiger partial charge in [0.05, 0.1) is 0 Å². The Bertz CT molecular complexity index is 36.7. The normalized spacial score (nSPS) is 10.3. The molecule has 0 aliphatic heterocycles. The fraction of sp³-hybridized carbons (Fsp3) is 1.00. The van der Waals surface area contributed by atoms with Gasteiger partial charge in [0, 0.05) is 7.11 Å². The van der Waals surface area contributed by atoms with Gasteiger partial charge in [-0.1, -0.05) is 0 Å². The average Bonchev–Trinajstić information content (AvgIpc) is 1.35. The maximum atomic E-state index is 8.60. The van der Waals surface area contributed by atoms with E-state index in [1.807, 2.05) is 0 Å². The third-order valence-corrected chi connectivity index (χ3v) is 0.500. The molecule has 0 fully saturated rings. The lowest BCUT2D eigenvalue weighted by Crippen LogP contribution is -2.20. The number of aliphatic hydroxyl groups is 1. The van der Waals surface area contributed by atoms with Crippen LogP contribution in [0.4, 0.5) is 0 Å². The van der Waals surface area contributed by atoms with Crippen molar-refractivity contribution in [3.8, 4) is 0 Å². The van der Waals surface area contributed by atoms with E-state index in [2.05, 4.69) is 4.74 Å². The van der Waals surface area contributed by atoms with Crippen LogP contribution in [0.5, 0.6) is 0 Å². The lowest BCUT2D eigenvalue weighted by molar-refractivity contribution is -0.155. The Balaban J connectivity index is 0. The molecule has 46 valence electrons. The molecule has 0 bridgehead atoms. The Hall–Kier alpha value is -0.120. The zero-order valence-electron chi connectivity index (χ0n) is 4.86. The van der Waals surface area contributed by atoms with Crippen LogP contribution in [0.25, 0.3) is 0 Å². The zero-order valence-corrected chi connectivity index (χ0v) is 4.86. The fourth-order valence-electron chi connectivity index (χ4n) is 0. The van der Waals surface area contributed by atoms with Crippen LogP contribution < -0.4 is 0 Å². The van der Waals surface area contributed by atoms with Crippen LogP contribution >= 0.6 is 0 Å². The molecule has 3 nitrogen and oxygen atoms in total. The predicted octanol–water partition coefficient (Wildman–Crippen LogP) is -0.463. The average molecular weight is 108 g/mol. The minimum atomic E-state index is -0.958. The summed E-state index contributed by atoms with van der Waals surface area (Å²) in [5.74, 6) is -0.958. The maximum Gasteiger partial charge on any atom is 0.159 e. The molecule has 0 unspecified atom stereocenters. The topological polar surface area (TPSA) is 61.0 Å². The summed E-state index contributed by atoms with van der Waals surface area (Å²) >= 11 is 0. The van der Waals surface area contributed by atoms with Gasteiger partial charge in [-0.25, -0.2) is 0 Å². The smallest absolute Gasteiger partial charge is 0.159 e. The molecule has 0 heterocycles. The van der Waals surface area contributed by atoms with Crippen LogP contribution in [0.2, 0.25) is 0 Å². The molecule has 0 rings (SSSR count). The first-order valence-electron chi connectivity index (χ1n) is 1.84. The van der Waals surface area contributed by atoms with Crippen LogP contribution in [0.1, 0.15) is 13.8 Å². The van der Waals surface area contributed by atoms with E-state index < -0.39 is 5.79 Å². The van der Waals surface area contributed by atoms with Gasteiger partial charge in [-0.2, -0.15) is 0 Å². The van der Waals surface area contributed by atoms with Crippen molar-refractivity contribution in [1.82, 2.24) is 0 Å². The summed E-state index contributed by atoms with van der Waals surface area (Å²) in [6, 6.07) is 0. The standard InChI is InChI=1S/C4H10O2.H2O/c1-4(2,5)6-3;/h5H,1-3H3;1H2. The molecule has 0 saturated heterocycles. The van der Waals surface area contributed by atoms with E-state index >= 15 is 0 Å². The van der Waals surface area contributed by atoms with Gasteiger partial charge in [0.2, 0.25) is 0 Å². The van der Waals surface area contributed by atoms with Gasteiger partial charge in [-0.05, 0) is 13.8 Å². The number of ether oxygens (including phenoxy) is 1. The second kappa shape index (κ2) is 2.96. The Kier molecular flexibility index (Phi) is 4.22. The lowest BCUT2D eigenvalue weighted by atomic mass is 10.4. The van der Waals surface area contributed by atoms with Gasteiger partial charge in [-0.3, -0.25) is 0 Å². The van der Waals surface area contributed by atoms with Crippen LogP contribution in [-0.2, 0) is 4.74 Å². The Morgan fingerprint density at radius 1 is 1.43 bits per heavy atom. The van der Waals surface area contributed by atoms with E-state index in [1.165, 1.54) is 7.11 Å². The number of rotatable bonds is 1. The summed E-state index contributed by atoms with van der Waals surface area (Å²) in [5.41, 5.74) is 0.